The number of rotatable bonds is 6. The topological polar surface area (TPSA) is 59.3 Å². The molecular formula is C19H30N6O. The first-order valence-corrected chi connectivity index (χ1v) is 9.32. The van der Waals surface area contributed by atoms with Gasteiger partial charge in [0.05, 0.1) is 12.6 Å². The number of piperazine rings is 1. The zero-order valence-corrected chi connectivity index (χ0v) is 16.5. The number of ether oxygens (including phenoxy) is 1. The monoisotopic (exact) mass is 358 g/mol. The SMILES string of the molecule is CCC(C)(C)n1nnnc1C(c1ccccc1OC)N1CCN(C)CC1. The van der Waals surface area contributed by atoms with Crippen LogP contribution in [0.3, 0.4) is 0 Å². The number of hydrogen-bond donors (Lipinski definition) is 0. The van der Waals surface area contributed by atoms with Crippen LogP contribution in [0.4, 0.5) is 0 Å². The molecule has 0 aliphatic carbocycles. The first-order chi connectivity index (χ1) is 12.5. The predicted octanol–water partition coefficient (Wildman–Crippen LogP) is 2.16. The molecule has 2 heterocycles. The largest absolute Gasteiger partial charge is 0.496 e. The van der Waals surface area contributed by atoms with E-state index in [-0.39, 0.29) is 11.6 Å². The molecule has 0 spiro atoms. The average Bonchev–Trinajstić information content (AvgIpc) is 3.14. The van der Waals surface area contributed by atoms with Crippen molar-refractivity contribution < 1.29 is 4.74 Å². The number of hydrogen-bond acceptors (Lipinski definition) is 6. The standard InChI is InChI=1S/C19H30N6O/c1-6-19(2,3)25-18(20-21-22-25)17(24-13-11-23(4)12-14-24)15-9-7-8-10-16(15)26-5/h7-10,17H,6,11-14H2,1-5H3. The molecule has 0 bridgehead atoms. The molecular weight excluding hydrogens is 328 g/mol. The lowest BCUT2D eigenvalue weighted by Gasteiger charge is -2.38. The summed E-state index contributed by atoms with van der Waals surface area (Å²) >= 11 is 0. The van der Waals surface area contributed by atoms with Gasteiger partial charge in [0.25, 0.3) is 0 Å². The van der Waals surface area contributed by atoms with Crippen molar-refractivity contribution in [3.63, 3.8) is 0 Å². The van der Waals surface area contributed by atoms with Gasteiger partial charge >= 0.3 is 0 Å². The van der Waals surface area contributed by atoms with Crippen molar-refractivity contribution in [3.05, 3.63) is 35.7 Å². The highest BCUT2D eigenvalue weighted by molar-refractivity contribution is 5.39. The zero-order chi connectivity index (χ0) is 18.7. The maximum absolute atomic E-state index is 5.67. The van der Waals surface area contributed by atoms with Gasteiger partial charge in [-0.1, -0.05) is 25.1 Å². The quantitative estimate of drug-likeness (QED) is 0.789. The molecule has 26 heavy (non-hydrogen) atoms. The molecule has 2 aromatic rings. The van der Waals surface area contributed by atoms with Gasteiger partial charge in [0.1, 0.15) is 11.8 Å². The van der Waals surface area contributed by atoms with E-state index < -0.39 is 0 Å². The lowest BCUT2D eigenvalue weighted by Crippen LogP contribution is -2.47. The third-order valence-electron chi connectivity index (χ3n) is 5.51. The Balaban J connectivity index is 2.09. The molecule has 0 N–H and O–H groups in total. The van der Waals surface area contributed by atoms with E-state index in [0.29, 0.717) is 0 Å². The Morgan fingerprint density at radius 3 is 2.50 bits per heavy atom. The predicted molar refractivity (Wildman–Crippen MR) is 101 cm³/mol. The van der Waals surface area contributed by atoms with Gasteiger partial charge < -0.3 is 9.64 Å². The van der Waals surface area contributed by atoms with Crippen LogP contribution in [0.1, 0.15) is 44.6 Å². The van der Waals surface area contributed by atoms with Crippen LogP contribution >= 0.6 is 0 Å². The van der Waals surface area contributed by atoms with Crippen molar-refractivity contribution in [1.82, 2.24) is 30.0 Å². The molecule has 1 saturated heterocycles. The summed E-state index contributed by atoms with van der Waals surface area (Å²) in [5.74, 6) is 1.76. The van der Waals surface area contributed by atoms with Crippen molar-refractivity contribution >= 4 is 0 Å². The van der Waals surface area contributed by atoms with Gasteiger partial charge in [-0.15, -0.1) is 5.10 Å². The van der Waals surface area contributed by atoms with E-state index >= 15 is 0 Å². The lowest BCUT2D eigenvalue weighted by atomic mass is 9.98. The average molecular weight is 358 g/mol. The molecule has 1 atom stereocenters. The molecule has 7 heteroatoms. The van der Waals surface area contributed by atoms with Crippen LogP contribution in [-0.2, 0) is 5.54 Å². The molecule has 0 amide bonds. The van der Waals surface area contributed by atoms with Crippen molar-refractivity contribution in [2.75, 3.05) is 40.3 Å². The molecule has 1 aliphatic heterocycles. The summed E-state index contributed by atoms with van der Waals surface area (Å²) in [4.78, 5) is 4.82. The Labute approximate surface area is 155 Å². The molecule has 0 radical (unpaired) electrons. The molecule has 7 nitrogen and oxygen atoms in total. The van der Waals surface area contributed by atoms with Gasteiger partial charge in [-0.05, 0) is 43.8 Å². The fourth-order valence-electron chi connectivity index (χ4n) is 3.42. The minimum Gasteiger partial charge on any atom is -0.496 e. The molecule has 1 aromatic heterocycles. The van der Waals surface area contributed by atoms with Crippen LogP contribution in [0.25, 0.3) is 0 Å². The van der Waals surface area contributed by atoms with Crippen LogP contribution in [0, 0.1) is 0 Å². The minimum atomic E-state index is -0.147. The number of likely N-dealkylation sites (N-methyl/N-ethyl adjacent to an activating group) is 1. The summed E-state index contributed by atoms with van der Waals surface area (Å²) in [6.45, 7) is 10.5. The molecule has 1 fully saturated rings. The van der Waals surface area contributed by atoms with Crippen LogP contribution < -0.4 is 4.74 Å². The highest BCUT2D eigenvalue weighted by atomic mass is 16.5. The maximum Gasteiger partial charge on any atom is 0.173 e. The summed E-state index contributed by atoms with van der Waals surface area (Å²) in [6, 6.07) is 8.17. The van der Waals surface area contributed by atoms with Crippen molar-refractivity contribution in [3.8, 4) is 5.75 Å². The molecule has 1 aromatic carbocycles. The maximum atomic E-state index is 5.67. The first-order valence-electron chi connectivity index (χ1n) is 9.32. The number of benzene rings is 1. The second-order valence-electron chi connectivity index (χ2n) is 7.60. The van der Waals surface area contributed by atoms with Gasteiger partial charge in [0.15, 0.2) is 5.82 Å². The van der Waals surface area contributed by atoms with E-state index in [0.717, 1.165) is 49.7 Å². The lowest BCUT2D eigenvalue weighted by molar-refractivity contribution is 0.116. The van der Waals surface area contributed by atoms with E-state index in [1.54, 1.807) is 7.11 Å². The van der Waals surface area contributed by atoms with Crippen LogP contribution in [-0.4, -0.2) is 70.3 Å². The number of nitrogens with zero attached hydrogens (tertiary/aromatic N) is 6. The summed E-state index contributed by atoms with van der Waals surface area (Å²) < 4.78 is 7.66. The number of para-hydroxylation sites is 1. The second kappa shape index (κ2) is 7.72. The van der Waals surface area contributed by atoms with E-state index in [4.69, 9.17) is 4.74 Å². The second-order valence-corrected chi connectivity index (χ2v) is 7.60. The van der Waals surface area contributed by atoms with Gasteiger partial charge in [-0.2, -0.15) is 0 Å². The van der Waals surface area contributed by atoms with Gasteiger partial charge in [-0.3, -0.25) is 4.90 Å². The van der Waals surface area contributed by atoms with Gasteiger partial charge in [0.2, 0.25) is 0 Å². The first kappa shape index (κ1) is 18.8. The summed E-state index contributed by atoms with van der Waals surface area (Å²) in [5, 5.41) is 12.8. The highest BCUT2D eigenvalue weighted by Gasteiger charge is 2.35. The Morgan fingerprint density at radius 2 is 1.85 bits per heavy atom. The van der Waals surface area contributed by atoms with E-state index in [9.17, 15) is 0 Å². The number of tetrazole rings is 1. The number of aromatic nitrogens is 4. The van der Waals surface area contributed by atoms with E-state index in [1.165, 1.54) is 0 Å². The zero-order valence-electron chi connectivity index (χ0n) is 16.5. The molecule has 1 aliphatic rings. The van der Waals surface area contributed by atoms with Gasteiger partial charge in [-0.25, -0.2) is 4.68 Å². The van der Waals surface area contributed by atoms with Crippen molar-refractivity contribution in [2.24, 2.45) is 0 Å². The third-order valence-corrected chi connectivity index (χ3v) is 5.51. The van der Waals surface area contributed by atoms with Crippen LogP contribution in [0.2, 0.25) is 0 Å². The Morgan fingerprint density at radius 1 is 1.15 bits per heavy atom. The summed E-state index contributed by atoms with van der Waals surface area (Å²) in [5.41, 5.74) is 0.966. The summed E-state index contributed by atoms with van der Waals surface area (Å²) in [6.07, 6.45) is 0.951. The minimum absolute atomic E-state index is 0.0272. The highest BCUT2D eigenvalue weighted by Crippen LogP contribution is 2.35. The third kappa shape index (κ3) is 3.59. The van der Waals surface area contributed by atoms with Crippen molar-refractivity contribution in [2.45, 2.75) is 38.8 Å². The van der Waals surface area contributed by atoms with Crippen LogP contribution in [0.5, 0.6) is 5.75 Å². The Bertz CT molecular complexity index is 720. The normalized spacial score (nSPS) is 18.0. The molecule has 1 unspecified atom stereocenters. The fraction of sp³-hybridized carbons (Fsp3) is 0.632. The van der Waals surface area contributed by atoms with Gasteiger partial charge in [0, 0.05) is 31.7 Å². The molecule has 3 rings (SSSR count). The molecule has 0 saturated carbocycles. The van der Waals surface area contributed by atoms with Crippen LogP contribution in [0.15, 0.2) is 24.3 Å². The number of methoxy groups -OCH3 is 1. The van der Waals surface area contributed by atoms with E-state index in [2.05, 4.69) is 65.3 Å². The van der Waals surface area contributed by atoms with Crippen molar-refractivity contribution in [1.29, 1.82) is 0 Å². The Kier molecular flexibility index (Phi) is 5.58. The molecule has 142 valence electrons. The fourth-order valence-corrected chi connectivity index (χ4v) is 3.42. The smallest absolute Gasteiger partial charge is 0.173 e. The van der Waals surface area contributed by atoms with E-state index in [1.807, 2.05) is 16.8 Å². The Hall–Kier alpha value is -1.99. The summed E-state index contributed by atoms with van der Waals surface area (Å²) in [7, 11) is 3.89.